The van der Waals surface area contributed by atoms with Crippen molar-refractivity contribution < 1.29 is 4.52 Å². The minimum Gasteiger partial charge on any atom is -0.361 e. The van der Waals surface area contributed by atoms with Gasteiger partial charge in [0.2, 0.25) is 0 Å². The summed E-state index contributed by atoms with van der Waals surface area (Å²) in [5.74, 6) is 1.39. The number of hydrogen-bond donors (Lipinski definition) is 0. The molecule has 1 aliphatic carbocycles. The average molecular weight is 410 g/mol. The van der Waals surface area contributed by atoms with Crippen molar-refractivity contribution in [1.29, 1.82) is 0 Å². The van der Waals surface area contributed by atoms with Crippen molar-refractivity contribution in [1.82, 2.24) is 14.7 Å². The minimum absolute atomic E-state index is 0.0365. The van der Waals surface area contributed by atoms with E-state index in [1.54, 1.807) is 15.9 Å². The monoisotopic (exact) mass is 409 g/mol. The Labute approximate surface area is 170 Å². The molecule has 142 valence electrons. The van der Waals surface area contributed by atoms with Crippen molar-refractivity contribution >= 4 is 33.3 Å². The zero-order chi connectivity index (χ0) is 19.1. The van der Waals surface area contributed by atoms with Gasteiger partial charge in [0.15, 0.2) is 5.16 Å². The second-order valence-electron chi connectivity index (χ2n) is 6.98. The van der Waals surface area contributed by atoms with Gasteiger partial charge in [-0.1, -0.05) is 35.1 Å². The lowest BCUT2D eigenvalue weighted by Crippen LogP contribution is -2.22. The van der Waals surface area contributed by atoms with E-state index in [9.17, 15) is 4.79 Å². The summed E-state index contributed by atoms with van der Waals surface area (Å²) in [6.45, 7) is 1.88. The summed E-state index contributed by atoms with van der Waals surface area (Å²) in [6.07, 6.45) is 4.37. The van der Waals surface area contributed by atoms with E-state index < -0.39 is 0 Å². The fraction of sp³-hybridized carbons (Fsp3) is 0.286. The van der Waals surface area contributed by atoms with Crippen molar-refractivity contribution in [3.05, 3.63) is 68.6 Å². The second kappa shape index (κ2) is 7.22. The molecule has 0 bridgehead atoms. The van der Waals surface area contributed by atoms with Crippen molar-refractivity contribution in [3.63, 3.8) is 0 Å². The molecule has 0 unspecified atom stereocenters. The summed E-state index contributed by atoms with van der Waals surface area (Å²) in [6, 6.07) is 11.7. The summed E-state index contributed by atoms with van der Waals surface area (Å²) in [5.41, 5.74) is 2.95. The van der Waals surface area contributed by atoms with E-state index in [-0.39, 0.29) is 5.56 Å². The van der Waals surface area contributed by atoms with Gasteiger partial charge in [-0.05, 0) is 50.3 Å². The van der Waals surface area contributed by atoms with Crippen LogP contribution in [0.25, 0.3) is 15.9 Å². The standard InChI is InChI=1S/C21H19N3O2S2/c1-13-11-14(23-26-13)12-27-21-22-19-18(16-9-5-6-10-17(16)28-19)20(25)24(21)15-7-3-2-4-8-15/h2-4,7-8,11H,5-6,9-10,12H2,1H3. The quantitative estimate of drug-likeness (QED) is 0.354. The highest BCUT2D eigenvalue weighted by atomic mass is 32.2. The highest BCUT2D eigenvalue weighted by Gasteiger charge is 2.23. The molecular formula is C21H19N3O2S2. The average Bonchev–Trinajstić information content (AvgIpc) is 3.30. The molecule has 3 heterocycles. The van der Waals surface area contributed by atoms with Crippen molar-refractivity contribution in [3.8, 4) is 5.69 Å². The molecule has 0 fully saturated rings. The summed E-state index contributed by atoms with van der Waals surface area (Å²) in [7, 11) is 0. The van der Waals surface area contributed by atoms with Gasteiger partial charge in [0.1, 0.15) is 10.6 Å². The Morgan fingerprint density at radius 3 is 2.82 bits per heavy atom. The van der Waals surface area contributed by atoms with E-state index in [2.05, 4.69) is 5.16 Å². The zero-order valence-corrected chi connectivity index (χ0v) is 17.1. The molecule has 1 aromatic carbocycles. The van der Waals surface area contributed by atoms with Gasteiger partial charge in [0.25, 0.3) is 5.56 Å². The van der Waals surface area contributed by atoms with Crippen LogP contribution in [0.3, 0.4) is 0 Å². The molecule has 0 spiro atoms. The van der Waals surface area contributed by atoms with E-state index in [0.717, 1.165) is 46.6 Å². The largest absolute Gasteiger partial charge is 0.361 e. The van der Waals surface area contributed by atoms with Crippen LogP contribution in [0.1, 0.15) is 34.7 Å². The molecule has 0 N–H and O–H groups in total. The van der Waals surface area contributed by atoms with Crippen LogP contribution in [-0.2, 0) is 18.6 Å². The van der Waals surface area contributed by atoms with Gasteiger partial charge in [-0.3, -0.25) is 9.36 Å². The molecule has 0 saturated carbocycles. The molecule has 0 saturated heterocycles. The number of aryl methyl sites for hydroxylation is 3. The van der Waals surface area contributed by atoms with Gasteiger partial charge in [-0.2, -0.15) is 0 Å². The number of fused-ring (bicyclic) bond motifs is 3. The Balaban J connectivity index is 1.67. The summed E-state index contributed by atoms with van der Waals surface area (Å²) < 4.78 is 6.92. The van der Waals surface area contributed by atoms with Gasteiger partial charge >= 0.3 is 0 Å². The van der Waals surface area contributed by atoms with Gasteiger partial charge in [0, 0.05) is 16.7 Å². The number of para-hydroxylation sites is 1. The molecule has 28 heavy (non-hydrogen) atoms. The fourth-order valence-electron chi connectivity index (χ4n) is 3.71. The third-order valence-electron chi connectivity index (χ3n) is 5.00. The lowest BCUT2D eigenvalue weighted by molar-refractivity contribution is 0.393. The SMILES string of the molecule is Cc1cc(CSc2nc3sc4c(c3c(=O)n2-c2ccccc2)CCCC4)no1. The first-order valence-electron chi connectivity index (χ1n) is 9.38. The lowest BCUT2D eigenvalue weighted by Gasteiger charge is -2.13. The van der Waals surface area contributed by atoms with Crippen LogP contribution in [0.5, 0.6) is 0 Å². The Bertz CT molecular complexity index is 1210. The van der Waals surface area contributed by atoms with E-state index in [0.29, 0.717) is 10.9 Å². The van der Waals surface area contributed by atoms with Crippen molar-refractivity contribution in [2.45, 2.75) is 43.5 Å². The first kappa shape index (κ1) is 17.7. The number of nitrogens with zero attached hydrogens (tertiary/aromatic N) is 3. The molecule has 3 aromatic heterocycles. The number of thioether (sulfide) groups is 1. The molecule has 0 aliphatic heterocycles. The minimum atomic E-state index is 0.0365. The van der Waals surface area contributed by atoms with Crippen LogP contribution in [0.2, 0.25) is 0 Å². The maximum atomic E-state index is 13.6. The van der Waals surface area contributed by atoms with E-state index in [4.69, 9.17) is 9.51 Å². The van der Waals surface area contributed by atoms with Crippen LogP contribution in [0.4, 0.5) is 0 Å². The molecule has 1 aliphatic rings. The Hall–Kier alpha value is -2.38. The van der Waals surface area contributed by atoms with E-state index >= 15 is 0 Å². The third-order valence-corrected chi connectivity index (χ3v) is 7.16. The molecule has 4 aromatic rings. The number of rotatable bonds is 4. The Morgan fingerprint density at radius 2 is 2.04 bits per heavy atom. The maximum Gasteiger partial charge on any atom is 0.267 e. The first-order chi connectivity index (χ1) is 13.7. The zero-order valence-electron chi connectivity index (χ0n) is 15.5. The normalized spacial score (nSPS) is 13.8. The van der Waals surface area contributed by atoms with Crippen molar-refractivity contribution in [2.75, 3.05) is 0 Å². The second-order valence-corrected chi connectivity index (χ2v) is 9.01. The van der Waals surface area contributed by atoms with Gasteiger partial charge < -0.3 is 4.52 Å². The van der Waals surface area contributed by atoms with Gasteiger partial charge in [-0.25, -0.2) is 4.98 Å². The summed E-state index contributed by atoms with van der Waals surface area (Å²) in [4.78, 5) is 20.7. The van der Waals surface area contributed by atoms with Crippen LogP contribution in [0, 0.1) is 6.92 Å². The van der Waals surface area contributed by atoms with Crippen LogP contribution in [0.15, 0.2) is 50.9 Å². The molecular weight excluding hydrogens is 390 g/mol. The van der Waals surface area contributed by atoms with Crippen LogP contribution >= 0.6 is 23.1 Å². The topological polar surface area (TPSA) is 60.9 Å². The molecule has 0 amide bonds. The number of benzene rings is 1. The van der Waals surface area contributed by atoms with Crippen LogP contribution in [-0.4, -0.2) is 14.7 Å². The first-order valence-corrected chi connectivity index (χ1v) is 11.2. The predicted octanol–water partition coefficient (Wildman–Crippen LogP) is 4.91. The fourth-order valence-corrected chi connectivity index (χ4v) is 5.91. The summed E-state index contributed by atoms with van der Waals surface area (Å²) >= 11 is 3.21. The van der Waals surface area contributed by atoms with Gasteiger partial charge in [0.05, 0.1) is 16.8 Å². The van der Waals surface area contributed by atoms with Gasteiger partial charge in [-0.15, -0.1) is 11.3 Å². The molecule has 0 atom stereocenters. The Morgan fingerprint density at radius 1 is 1.21 bits per heavy atom. The third kappa shape index (κ3) is 3.08. The predicted molar refractivity (Wildman–Crippen MR) is 113 cm³/mol. The number of thiophene rings is 1. The molecule has 5 rings (SSSR count). The van der Waals surface area contributed by atoms with Crippen molar-refractivity contribution in [2.24, 2.45) is 0 Å². The maximum absolute atomic E-state index is 13.6. The highest BCUT2D eigenvalue weighted by molar-refractivity contribution is 7.98. The lowest BCUT2D eigenvalue weighted by atomic mass is 9.97. The van der Waals surface area contributed by atoms with Crippen LogP contribution < -0.4 is 5.56 Å². The number of aromatic nitrogens is 3. The highest BCUT2D eigenvalue weighted by Crippen LogP contribution is 2.35. The van der Waals surface area contributed by atoms with E-state index in [1.807, 2.05) is 43.3 Å². The number of hydrogen-bond acceptors (Lipinski definition) is 6. The summed E-state index contributed by atoms with van der Waals surface area (Å²) in [5, 5.41) is 5.57. The molecule has 7 heteroatoms. The van der Waals surface area contributed by atoms with E-state index in [1.165, 1.54) is 28.6 Å². The molecule has 5 nitrogen and oxygen atoms in total. The Kier molecular flexibility index (Phi) is 4.56. The smallest absolute Gasteiger partial charge is 0.267 e. The molecule has 0 radical (unpaired) electrons.